The van der Waals surface area contributed by atoms with Gasteiger partial charge in [-0.25, -0.2) is 4.79 Å². The first-order chi connectivity index (χ1) is 13.4. The number of fused-ring (bicyclic) bond motifs is 1. The molecule has 28 heavy (non-hydrogen) atoms. The number of benzene rings is 1. The Labute approximate surface area is 164 Å². The van der Waals surface area contributed by atoms with Crippen LogP contribution in [-0.2, 0) is 25.4 Å². The van der Waals surface area contributed by atoms with Gasteiger partial charge >= 0.3 is 12.1 Å². The van der Waals surface area contributed by atoms with E-state index in [0.29, 0.717) is 38.2 Å². The average Bonchev–Trinajstić information content (AvgIpc) is 3.15. The van der Waals surface area contributed by atoms with Crippen molar-refractivity contribution in [3.63, 3.8) is 0 Å². The molecule has 0 bridgehead atoms. The molecule has 2 heterocycles. The van der Waals surface area contributed by atoms with Crippen LogP contribution in [0.5, 0.6) is 11.5 Å². The van der Waals surface area contributed by atoms with Crippen molar-refractivity contribution in [1.29, 1.82) is 0 Å². The molecular weight excluding hydrogens is 366 g/mol. The van der Waals surface area contributed by atoms with E-state index in [1.807, 2.05) is 25.1 Å². The summed E-state index contributed by atoms with van der Waals surface area (Å²) in [5.74, 6) is 0.894. The minimum absolute atomic E-state index is 0.119. The minimum atomic E-state index is -0.942. The molecule has 8 nitrogen and oxygen atoms in total. The third-order valence-corrected chi connectivity index (χ3v) is 5.02. The largest absolute Gasteiger partial charge is 0.454 e. The van der Waals surface area contributed by atoms with Gasteiger partial charge in [0.2, 0.25) is 13.1 Å². The number of rotatable bonds is 6. The highest BCUT2D eigenvalue weighted by Gasteiger charge is 2.27. The molecule has 1 fully saturated rings. The predicted molar refractivity (Wildman–Crippen MR) is 99.1 cm³/mol. The van der Waals surface area contributed by atoms with Crippen LogP contribution in [0.1, 0.15) is 32.3 Å². The fourth-order valence-electron chi connectivity index (χ4n) is 3.17. The zero-order chi connectivity index (χ0) is 20.1. The van der Waals surface area contributed by atoms with E-state index in [1.165, 1.54) is 4.90 Å². The highest BCUT2D eigenvalue weighted by Crippen LogP contribution is 2.33. The first kappa shape index (κ1) is 20.3. The summed E-state index contributed by atoms with van der Waals surface area (Å²) < 4.78 is 26.5. The summed E-state index contributed by atoms with van der Waals surface area (Å²) in [6, 6.07) is 5.60. The van der Waals surface area contributed by atoms with E-state index in [4.69, 9.17) is 23.7 Å². The van der Waals surface area contributed by atoms with Crippen LogP contribution in [-0.4, -0.2) is 56.3 Å². The van der Waals surface area contributed by atoms with Gasteiger partial charge in [0, 0.05) is 33.2 Å². The van der Waals surface area contributed by atoms with E-state index < -0.39 is 12.4 Å². The van der Waals surface area contributed by atoms with Crippen LogP contribution in [0.15, 0.2) is 18.2 Å². The van der Waals surface area contributed by atoms with Crippen molar-refractivity contribution in [2.75, 3.05) is 27.1 Å². The summed E-state index contributed by atoms with van der Waals surface area (Å²) in [6.07, 6.45) is 0.403. The van der Waals surface area contributed by atoms with Crippen molar-refractivity contribution < 1.29 is 33.3 Å². The van der Waals surface area contributed by atoms with Gasteiger partial charge < -0.3 is 28.6 Å². The highest BCUT2D eigenvalue weighted by atomic mass is 16.7. The third-order valence-electron chi connectivity index (χ3n) is 5.02. The molecule has 2 unspecified atom stereocenters. The normalized spacial score (nSPS) is 18.2. The second-order valence-corrected chi connectivity index (χ2v) is 7.13. The van der Waals surface area contributed by atoms with Crippen LogP contribution >= 0.6 is 0 Å². The molecule has 1 aromatic rings. The zero-order valence-corrected chi connectivity index (χ0v) is 16.5. The van der Waals surface area contributed by atoms with Crippen LogP contribution < -0.4 is 9.47 Å². The van der Waals surface area contributed by atoms with Crippen molar-refractivity contribution in [1.82, 2.24) is 4.90 Å². The number of hydrogen-bond donors (Lipinski definition) is 0. The van der Waals surface area contributed by atoms with E-state index in [1.54, 1.807) is 14.0 Å². The van der Waals surface area contributed by atoms with Gasteiger partial charge in [0.05, 0.1) is 5.92 Å². The van der Waals surface area contributed by atoms with Crippen molar-refractivity contribution >= 4 is 12.1 Å². The SMILES string of the molecule is CC(OC(=O)C1CCOCC1)OC(=O)N(C)C(C)Cc1ccc2c(c1)OCO2. The molecule has 8 heteroatoms. The third kappa shape index (κ3) is 5.07. The van der Waals surface area contributed by atoms with Crippen LogP contribution in [0.2, 0.25) is 0 Å². The summed E-state index contributed by atoms with van der Waals surface area (Å²) in [5.41, 5.74) is 1.02. The highest BCUT2D eigenvalue weighted by molar-refractivity contribution is 5.73. The Hall–Kier alpha value is -2.48. The second-order valence-electron chi connectivity index (χ2n) is 7.13. The molecule has 1 saturated heterocycles. The lowest BCUT2D eigenvalue weighted by molar-refractivity contribution is -0.174. The molecule has 1 amide bonds. The summed E-state index contributed by atoms with van der Waals surface area (Å²) in [5, 5.41) is 0. The van der Waals surface area contributed by atoms with Gasteiger partial charge in [-0.3, -0.25) is 4.79 Å². The molecule has 0 aromatic heterocycles. The molecular formula is C20H27NO7. The first-order valence-electron chi connectivity index (χ1n) is 9.54. The Kier molecular flexibility index (Phi) is 6.61. The van der Waals surface area contributed by atoms with Gasteiger partial charge in [-0.1, -0.05) is 6.07 Å². The summed E-state index contributed by atoms with van der Waals surface area (Å²) in [7, 11) is 1.66. The lowest BCUT2D eigenvalue weighted by atomic mass is 10.0. The van der Waals surface area contributed by atoms with Crippen LogP contribution in [0, 0.1) is 5.92 Å². The molecule has 2 aliphatic rings. The molecule has 0 saturated carbocycles. The van der Waals surface area contributed by atoms with Gasteiger partial charge in [-0.05, 0) is 43.9 Å². The van der Waals surface area contributed by atoms with Gasteiger partial charge in [0.25, 0.3) is 0 Å². The quantitative estimate of drug-likeness (QED) is 0.543. The van der Waals surface area contributed by atoms with E-state index in [-0.39, 0.29) is 24.7 Å². The molecule has 2 aliphatic heterocycles. The van der Waals surface area contributed by atoms with E-state index in [0.717, 1.165) is 11.3 Å². The molecule has 3 rings (SSSR count). The topological polar surface area (TPSA) is 83.5 Å². The number of ether oxygens (including phenoxy) is 5. The Bertz CT molecular complexity index is 702. The Balaban J connectivity index is 1.46. The summed E-state index contributed by atoms with van der Waals surface area (Å²) in [4.78, 5) is 26.0. The number of amides is 1. The minimum Gasteiger partial charge on any atom is -0.454 e. The smallest absolute Gasteiger partial charge is 0.412 e. The van der Waals surface area contributed by atoms with Crippen molar-refractivity contribution in [2.45, 2.75) is 45.4 Å². The molecule has 0 aliphatic carbocycles. The van der Waals surface area contributed by atoms with Crippen LogP contribution in [0.3, 0.4) is 0 Å². The number of nitrogens with zero attached hydrogens (tertiary/aromatic N) is 1. The molecule has 1 aromatic carbocycles. The maximum absolute atomic E-state index is 12.4. The van der Waals surface area contributed by atoms with Gasteiger partial charge in [-0.15, -0.1) is 0 Å². The first-order valence-corrected chi connectivity index (χ1v) is 9.54. The summed E-state index contributed by atoms with van der Waals surface area (Å²) in [6.45, 7) is 4.79. The van der Waals surface area contributed by atoms with Crippen molar-refractivity contribution in [2.24, 2.45) is 5.92 Å². The maximum atomic E-state index is 12.4. The van der Waals surface area contributed by atoms with Gasteiger partial charge in [-0.2, -0.15) is 0 Å². The maximum Gasteiger partial charge on any atom is 0.412 e. The number of likely N-dealkylation sites (N-methyl/N-ethyl adjacent to an activating group) is 1. The monoisotopic (exact) mass is 393 g/mol. The molecule has 2 atom stereocenters. The Morgan fingerprint density at radius 2 is 1.86 bits per heavy atom. The number of carbonyl (C=O) groups is 2. The number of carbonyl (C=O) groups excluding carboxylic acids is 2. The number of hydrogen-bond acceptors (Lipinski definition) is 7. The lowest BCUT2D eigenvalue weighted by Crippen LogP contribution is -2.39. The molecule has 0 radical (unpaired) electrons. The predicted octanol–water partition coefficient (Wildman–Crippen LogP) is 2.73. The van der Waals surface area contributed by atoms with Crippen LogP contribution in [0.4, 0.5) is 4.79 Å². The fourth-order valence-corrected chi connectivity index (χ4v) is 3.17. The van der Waals surface area contributed by atoms with Gasteiger partial charge in [0.1, 0.15) is 0 Å². The Morgan fingerprint density at radius 3 is 2.61 bits per heavy atom. The molecule has 154 valence electrons. The molecule has 0 N–H and O–H groups in total. The Morgan fingerprint density at radius 1 is 1.14 bits per heavy atom. The van der Waals surface area contributed by atoms with E-state index >= 15 is 0 Å². The standard InChI is InChI=1S/C20H27NO7/c1-13(10-15-4-5-17-18(11-15)26-12-25-17)21(3)20(23)28-14(2)27-19(22)16-6-8-24-9-7-16/h4-5,11,13-14,16H,6-10,12H2,1-3H3. The zero-order valence-electron chi connectivity index (χ0n) is 16.5. The fraction of sp³-hybridized carbons (Fsp3) is 0.600. The summed E-state index contributed by atoms with van der Waals surface area (Å²) >= 11 is 0. The van der Waals surface area contributed by atoms with Gasteiger partial charge in [0.15, 0.2) is 11.5 Å². The number of esters is 1. The van der Waals surface area contributed by atoms with Crippen molar-refractivity contribution in [3.05, 3.63) is 23.8 Å². The van der Waals surface area contributed by atoms with E-state index in [2.05, 4.69) is 0 Å². The second kappa shape index (κ2) is 9.14. The lowest BCUT2D eigenvalue weighted by Gasteiger charge is -2.27. The van der Waals surface area contributed by atoms with E-state index in [9.17, 15) is 9.59 Å². The van der Waals surface area contributed by atoms with Crippen molar-refractivity contribution in [3.8, 4) is 11.5 Å². The molecule has 0 spiro atoms. The van der Waals surface area contributed by atoms with Crippen LogP contribution in [0.25, 0.3) is 0 Å². The average molecular weight is 393 g/mol.